The van der Waals surface area contributed by atoms with Crippen molar-refractivity contribution in [1.82, 2.24) is 4.98 Å². The predicted octanol–water partition coefficient (Wildman–Crippen LogP) is 1.06. The fraction of sp³-hybridized carbons (Fsp3) is 0.444. The largest absolute Gasteiger partial charge is 0.444 e. The summed E-state index contributed by atoms with van der Waals surface area (Å²) < 4.78 is 5.06. The zero-order valence-corrected chi connectivity index (χ0v) is 7.00. The molecule has 0 radical (unpaired) electrons. The Balaban J connectivity index is 0.000000281. The molecule has 2 heteroatoms. The second-order valence-corrected chi connectivity index (χ2v) is 2.09. The minimum absolute atomic E-state index is 0.932. The summed E-state index contributed by atoms with van der Waals surface area (Å²) in [5.41, 5.74) is 0.932. The molecule has 0 N–H and O–H groups in total. The van der Waals surface area contributed by atoms with Crippen molar-refractivity contribution in [3.05, 3.63) is 17.2 Å². The van der Waals surface area contributed by atoms with Gasteiger partial charge in [-0.1, -0.05) is 19.9 Å². The quantitative estimate of drug-likeness (QED) is 0.554. The zero-order chi connectivity index (χ0) is 8.10. The van der Waals surface area contributed by atoms with Crippen LogP contribution in [-0.4, -0.2) is 4.98 Å². The van der Waals surface area contributed by atoms with Gasteiger partial charge in [0.2, 0.25) is 0 Å². The molecule has 1 aromatic heterocycles. The van der Waals surface area contributed by atoms with E-state index in [2.05, 4.69) is 17.1 Å². The molecule has 60 valence electrons. The van der Waals surface area contributed by atoms with E-state index in [1.54, 1.807) is 0 Å². The van der Waals surface area contributed by atoms with Crippen LogP contribution in [0.25, 0.3) is 12.2 Å². The van der Waals surface area contributed by atoms with Gasteiger partial charge in [0, 0.05) is 0 Å². The normalized spacial score (nSPS) is 13.3. The summed E-state index contributed by atoms with van der Waals surface area (Å²) in [6.45, 7) is 4.00. The van der Waals surface area contributed by atoms with Crippen molar-refractivity contribution in [2.75, 3.05) is 0 Å². The van der Waals surface area contributed by atoms with Gasteiger partial charge < -0.3 is 4.42 Å². The molecule has 0 spiro atoms. The Morgan fingerprint density at radius 2 is 2.00 bits per heavy atom. The molecule has 2 rings (SSSR count). The second-order valence-electron chi connectivity index (χ2n) is 2.09. The Bertz CT molecular complexity index is 280. The highest BCUT2D eigenvalue weighted by Gasteiger charge is 1.93. The minimum atomic E-state index is 0.932. The molecular formula is C9H13NO. The maximum Gasteiger partial charge on any atom is 0.181 e. The third-order valence-corrected chi connectivity index (χ3v) is 1.46. The first-order valence-corrected chi connectivity index (χ1v) is 4.07. The highest BCUT2D eigenvalue weighted by Crippen LogP contribution is 1.92. The summed E-state index contributed by atoms with van der Waals surface area (Å²) in [6, 6.07) is 0. The molecule has 0 fully saturated rings. The zero-order valence-electron chi connectivity index (χ0n) is 7.00. The van der Waals surface area contributed by atoms with Crippen molar-refractivity contribution in [3.8, 4) is 0 Å². The summed E-state index contributed by atoms with van der Waals surface area (Å²) in [4.78, 5) is 4.00. The fourth-order valence-corrected chi connectivity index (χ4v) is 1.00. The Kier molecular flexibility index (Phi) is 2.90. The topological polar surface area (TPSA) is 26.0 Å². The average molecular weight is 151 g/mol. The molecule has 1 aliphatic carbocycles. The van der Waals surface area contributed by atoms with E-state index in [-0.39, 0.29) is 0 Å². The molecule has 1 heterocycles. The van der Waals surface area contributed by atoms with Gasteiger partial charge in [-0.25, -0.2) is 4.98 Å². The van der Waals surface area contributed by atoms with Crippen LogP contribution < -0.4 is 10.8 Å². The Morgan fingerprint density at radius 1 is 1.27 bits per heavy atom. The van der Waals surface area contributed by atoms with E-state index in [4.69, 9.17) is 4.42 Å². The molecule has 0 aliphatic heterocycles. The van der Waals surface area contributed by atoms with Crippen LogP contribution in [0.4, 0.5) is 0 Å². The van der Waals surface area contributed by atoms with Gasteiger partial charge in [-0.3, -0.25) is 0 Å². The van der Waals surface area contributed by atoms with Gasteiger partial charge in [-0.15, -0.1) is 0 Å². The Morgan fingerprint density at radius 3 is 2.73 bits per heavy atom. The lowest BCUT2D eigenvalue weighted by atomic mass is 10.2. The second kappa shape index (κ2) is 3.96. The van der Waals surface area contributed by atoms with Crippen LogP contribution in [0.2, 0.25) is 0 Å². The SMILES string of the molecule is C1=c2ncoc2=CCC1.CC. The molecule has 0 amide bonds. The van der Waals surface area contributed by atoms with Crippen LogP contribution in [-0.2, 0) is 0 Å². The van der Waals surface area contributed by atoms with Gasteiger partial charge in [0.25, 0.3) is 0 Å². The summed E-state index contributed by atoms with van der Waals surface area (Å²) in [5, 5.41) is 1.00. The van der Waals surface area contributed by atoms with E-state index in [0.717, 1.165) is 23.6 Å². The van der Waals surface area contributed by atoms with Crippen molar-refractivity contribution in [2.24, 2.45) is 0 Å². The van der Waals surface area contributed by atoms with Gasteiger partial charge >= 0.3 is 0 Å². The number of hydrogen-bond acceptors (Lipinski definition) is 2. The molecule has 0 saturated heterocycles. The van der Waals surface area contributed by atoms with Gasteiger partial charge in [0.1, 0.15) is 10.8 Å². The van der Waals surface area contributed by atoms with Crippen molar-refractivity contribution in [2.45, 2.75) is 26.7 Å². The summed E-state index contributed by atoms with van der Waals surface area (Å²) >= 11 is 0. The van der Waals surface area contributed by atoms with Crippen LogP contribution in [0, 0.1) is 0 Å². The highest BCUT2D eigenvalue weighted by molar-refractivity contribution is 5.31. The van der Waals surface area contributed by atoms with Crippen molar-refractivity contribution < 1.29 is 4.42 Å². The number of aromatic nitrogens is 1. The maximum absolute atomic E-state index is 5.06. The van der Waals surface area contributed by atoms with E-state index < -0.39 is 0 Å². The predicted molar refractivity (Wildman–Crippen MR) is 45.3 cm³/mol. The van der Waals surface area contributed by atoms with Crippen LogP contribution >= 0.6 is 0 Å². The first-order chi connectivity index (χ1) is 5.47. The molecule has 0 aromatic carbocycles. The lowest BCUT2D eigenvalue weighted by Crippen LogP contribution is -2.23. The monoisotopic (exact) mass is 151 g/mol. The molecule has 1 aliphatic rings. The first-order valence-electron chi connectivity index (χ1n) is 4.07. The standard InChI is InChI=1S/C7H7NO.C2H6/c1-2-4-7-6(3-1)8-5-9-7;1-2/h3-5H,1-2H2;1-2H3. The fourth-order valence-electron chi connectivity index (χ4n) is 1.00. The van der Waals surface area contributed by atoms with E-state index in [9.17, 15) is 0 Å². The van der Waals surface area contributed by atoms with E-state index in [1.165, 1.54) is 6.39 Å². The molecule has 0 unspecified atom stereocenters. The third kappa shape index (κ3) is 1.70. The maximum atomic E-state index is 5.06. The van der Waals surface area contributed by atoms with E-state index in [0.29, 0.717) is 0 Å². The molecule has 11 heavy (non-hydrogen) atoms. The summed E-state index contributed by atoms with van der Waals surface area (Å²) in [6.07, 6.45) is 7.84. The number of nitrogens with zero attached hydrogens (tertiary/aromatic N) is 1. The summed E-state index contributed by atoms with van der Waals surface area (Å²) in [5.74, 6) is 0. The van der Waals surface area contributed by atoms with Crippen molar-refractivity contribution in [3.63, 3.8) is 0 Å². The van der Waals surface area contributed by atoms with Crippen LogP contribution in [0.3, 0.4) is 0 Å². The summed E-state index contributed by atoms with van der Waals surface area (Å²) in [7, 11) is 0. The molecular weight excluding hydrogens is 138 g/mol. The Labute approximate surface area is 66.3 Å². The highest BCUT2D eigenvalue weighted by atomic mass is 16.3. The lowest BCUT2D eigenvalue weighted by Gasteiger charge is -1.88. The molecule has 0 atom stereocenters. The van der Waals surface area contributed by atoms with Gasteiger partial charge in [0.15, 0.2) is 6.39 Å². The first kappa shape index (κ1) is 8.05. The van der Waals surface area contributed by atoms with Crippen molar-refractivity contribution >= 4 is 12.2 Å². The van der Waals surface area contributed by atoms with Gasteiger partial charge in [-0.2, -0.15) is 0 Å². The number of fused-ring (bicyclic) bond motifs is 1. The van der Waals surface area contributed by atoms with Gasteiger partial charge in [0.05, 0.1) is 0 Å². The lowest BCUT2D eigenvalue weighted by molar-refractivity contribution is 0.522. The van der Waals surface area contributed by atoms with Crippen LogP contribution in [0.15, 0.2) is 10.8 Å². The number of oxazole rings is 1. The smallest absolute Gasteiger partial charge is 0.181 e. The van der Waals surface area contributed by atoms with Crippen LogP contribution in [0.5, 0.6) is 0 Å². The van der Waals surface area contributed by atoms with Crippen molar-refractivity contribution in [1.29, 1.82) is 0 Å². The Hall–Kier alpha value is -1.05. The van der Waals surface area contributed by atoms with E-state index in [1.807, 2.05) is 13.8 Å². The number of rotatable bonds is 0. The molecule has 0 saturated carbocycles. The third-order valence-electron chi connectivity index (χ3n) is 1.46. The van der Waals surface area contributed by atoms with Gasteiger partial charge in [-0.05, 0) is 18.9 Å². The molecule has 2 nitrogen and oxygen atoms in total. The average Bonchev–Trinajstić information content (AvgIpc) is 2.55. The van der Waals surface area contributed by atoms with Crippen LogP contribution in [0.1, 0.15) is 26.7 Å². The number of hydrogen-bond donors (Lipinski definition) is 0. The molecule has 1 aromatic rings. The molecule has 0 bridgehead atoms. The minimum Gasteiger partial charge on any atom is -0.444 e. The van der Waals surface area contributed by atoms with E-state index >= 15 is 0 Å².